The van der Waals surface area contributed by atoms with Crippen molar-refractivity contribution < 1.29 is 13.2 Å². The first kappa shape index (κ1) is 16.7. The topological polar surface area (TPSA) is 75.3 Å². The summed E-state index contributed by atoms with van der Waals surface area (Å²) in [7, 11) is -3.72. The van der Waals surface area contributed by atoms with Crippen molar-refractivity contribution in [3.63, 3.8) is 0 Å². The third kappa shape index (κ3) is 3.84. The normalized spacial score (nSPS) is 11.2. The summed E-state index contributed by atoms with van der Waals surface area (Å²) in [5.74, 6) is -0.302. The minimum absolute atomic E-state index is 0.154. The van der Waals surface area contributed by atoms with Gasteiger partial charge in [0.25, 0.3) is 15.9 Å². The average molecular weight is 379 g/mol. The Morgan fingerprint density at radius 1 is 0.958 bits per heavy atom. The van der Waals surface area contributed by atoms with Crippen molar-refractivity contribution in [2.24, 2.45) is 0 Å². The number of hydrogen-bond donors (Lipinski definition) is 2. The largest absolute Gasteiger partial charge is 0.346 e. The van der Waals surface area contributed by atoms with E-state index in [2.05, 4.69) is 10.0 Å². The second kappa shape index (κ2) is 7.16. The highest BCUT2D eigenvalue weighted by molar-refractivity contribution is 7.92. The number of thiophene rings is 2. The fourth-order valence-electron chi connectivity index (χ4n) is 2.03. The number of benzene rings is 1. The van der Waals surface area contributed by atoms with Gasteiger partial charge in [0.15, 0.2) is 0 Å². The molecule has 5 nitrogen and oxygen atoms in total. The molecule has 2 heterocycles. The van der Waals surface area contributed by atoms with E-state index < -0.39 is 10.0 Å². The average Bonchev–Trinajstić information content (AvgIpc) is 3.25. The van der Waals surface area contributed by atoms with E-state index in [0.717, 1.165) is 4.88 Å². The van der Waals surface area contributed by atoms with Crippen LogP contribution in [0.3, 0.4) is 0 Å². The van der Waals surface area contributed by atoms with Gasteiger partial charge in [0.2, 0.25) is 0 Å². The molecule has 0 spiro atoms. The molecule has 1 amide bonds. The molecule has 0 bridgehead atoms. The van der Waals surface area contributed by atoms with Crippen LogP contribution in [0.15, 0.2) is 64.2 Å². The molecule has 0 saturated heterocycles. The molecule has 0 aliphatic heterocycles. The van der Waals surface area contributed by atoms with E-state index in [-0.39, 0.29) is 16.5 Å². The molecule has 2 aromatic heterocycles. The molecule has 0 unspecified atom stereocenters. The lowest BCUT2D eigenvalue weighted by molar-refractivity contribution is 0.0956. The first-order valence-corrected chi connectivity index (χ1v) is 10.3. The van der Waals surface area contributed by atoms with Gasteiger partial charge >= 0.3 is 0 Å². The summed E-state index contributed by atoms with van der Waals surface area (Å²) in [6.07, 6.45) is 0. The van der Waals surface area contributed by atoms with Crippen LogP contribution in [0, 0.1) is 0 Å². The number of nitrogens with one attached hydrogen (secondary N) is 2. The zero-order valence-corrected chi connectivity index (χ0v) is 14.9. The Morgan fingerprint density at radius 2 is 1.75 bits per heavy atom. The summed E-state index contributed by atoms with van der Waals surface area (Å²) >= 11 is 2.75. The van der Waals surface area contributed by atoms with Crippen molar-refractivity contribution in [3.8, 4) is 0 Å². The van der Waals surface area contributed by atoms with Gasteiger partial charge < -0.3 is 5.32 Å². The minimum atomic E-state index is -3.72. The number of carbonyl (C=O) groups is 1. The number of carbonyl (C=O) groups excluding carboxylic acids is 1. The highest BCUT2D eigenvalue weighted by Crippen LogP contribution is 2.25. The maximum absolute atomic E-state index is 12.4. The molecule has 2 N–H and O–H groups in total. The molecule has 3 rings (SSSR count). The van der Waals surface area contributed by atoms with Gasteiger partial charge in [-0.05, 0) is 35.0 Å². The van der Waals surface area contributed by atoms with E-state index in [9.17, 15) is 13.2 Å². The Morgan fingerprint density at radius 3 is 2.46 bits per heavy atom. The van der Waals surface area contributed by atoms with Crippen LogP contribution in [-0.4, -0.2) is 14.3 Å². The van der Waals surface area contributed by atoms with Crippen molar-refractivity contribution in [2.75, 3.05) is 4.72 Å². The third-order valence-electron chi connectivity index (χ3n) is 3.17. The standard InChI is InChI=1S/C16H14N2O3S3/c19-16(17-11-12-5-4-9-22-12)15-14(8-10-23-15)18-24(20,21)13-6-2-1-3-7-13/h1-10,18H,11H2,(H,17,19). The van der Waals surface area contributed by atoms with Crippen LogP contribution in [0.2, 0.25) is 0 Å². The molecule has 1 aromatic carbocycles. The summed E-state index contributed by atoms with van der Waals surface area (Å²) in [5, 5.41) is 6.42. The van der Waals surface area contributed by atoms with Crippen LogP contribution in [-0.2, 0) is 16.6 Å². The lowest BCUT2D eigenvalue weighted by Crippen LogP contribution is -2.23. The Kier molecular flexibility index (Phi) is 4.98. The Bertz CT molecular complexity index is 917. The number of sulfonamides is 1. The van der Waals surface area contributed by atoms with E-state index >= 15 is 0 Å². The molecule has 0 radical (unpaired) electrons. The Hall–Kier alpha value is -2.16. The third-order valence-corrected chi connectivity index (χ3v) is 6.34. The summed E-state index contributed by atoms with van der Waals surface area (Å²) in [4.78, 5) is 13.8. The Labute approximate surface area is 148 Å². The molecule has 124 valence electrons. The van der Waals surface area contributed by atoms with Gasteiger partial charge in [-0.3, -0.25) is 9.52 Å². The molecule has 0 fully saturated rings. The predicted octanol–water partition coefficient (Wildman–Crippen LogP) is 3.54. The van der Waals surface area contributed by atoms with Crippen LogP contribution < -0.4 is 10.0 Å². The summed E-state index contributed by atoms with van der Waals surface area (Å²) in [6, 6.07) is 13.5. The van der Waals surface area contributed by atoms with Crippen molar-refractivity contribution in [1.29, 1.82) is 0 Å². The SMILES string of the molecule is O=C(NCc1cccs1)c1sccc1NS(=O)(=O)c1ccccc1. The van der Waals surface area contributed by atoms with Crippen LogP contribution in [0.25, 0.3) is 0 Å². The van der Waals surface area contributed by atoms with Gasteiger partial charge in [-0.2, -0.15) is 0 Å². The first-order chi connectivity index (χ1) is 11.6. The molecule has 0 atom stereocenters. The molecule has 0 saturated carbocycles. The minimum Gasteiger partial charge on any atom is -0.346 e. The van der Waals surface area contributed by atoms with Crippen molar-refractivity contribution in [3.05, 3.63) is 69.0 Å². The smallest absolute Gasteiger partial charge is 0.263 e. The Balaban J connectivity index is 1.74. The fraction of sp³-hybridized carbons (Fsp3) is 0.0625. The summed E-state index contributed by atoms with van der Waals surface area (Å²) in [6.45, 7) is 0.416. The summed E-state index contributed by atoms with van der Waals surface area (Å²) in [5.41, 5.74) is 0.285. The number of anilines is 1. The van der Waals surface area contributed by atoms with Crippen molar-refractivity contribution in [1.82, 2.24) is 5.32 Å². The molecule has 24 heavy (non-hydrogen) atoms. The molecular weight excluding hydrogens is 364 g/mol. The van der Waals surface area contributed by atoms with Crippen LogP contribution >= 0.6 is 22.7 Å². The summed E-state index contributed by atoms with van der Waals surface area (Å²) < 4.78 is 27.2. The first-order valence-electron chi connectivity index (χ1n) is 7.02. The van der Waals surface area contributed by atoms with Gasteiger partial charge in [-0.1, -0.05) is 24.3 Å². The van der Waals surface area contributed by atoms with Gasteiger partial charge in [-0.25, -0.2) is 8.42 Å². The van der Waals surface area contributed by atoms with Crippen LogP contribution in [0.5, 0.6) is 0 Å². The number of hydrogen-bond acceptors (Lipinski definition) is 5. The number of rotatable bonds is 6. The second-order valence-corrected chi connectivity index (χ2v) is 8.47. The highest BCUT2D eigenvalue weighted by atomic mass is 32.2. The maximum Gasteiger partial charge on any atom is 0.263 e. The molecule has 0 aliphatic rings. The predicted molar refractivity (Wildman–Crippen MR) is 97.1 cm³/mol. The van der Waals surface area contributed by atoms with Gasteiger partial charge in [0, 0.05) is 4.88 Å². The van der Waals surface area contributed by atoms with E-state index in [1.807, 2.05) is 17.5 Å². The van der Waals surface area contributed by atoms with Crippen LogP contribution in [0.4, 0.5) is 5.69 Å². The monoisotopic (exact) mass is 378 g/mol. The van der Waals surface area contributed by atoms with Crippen LogP contribution in [0.1, 0.15) is 14.5 Å². The van der Waals surface area contributed by atoms with Gasteiger partial charge in [0.05, 0.1) is 17.1 Å². The lowest BCUT2D eigenvalue weighted by atomic mass is 10.3. The van der Waals surface area contributed by atoms with Gasteiger partial charge in [0.1, 0.15) is 4.88 Å². The zero-order chi connectivity index (χ0) is 17.0. The zero-order valence-electron chi connectivity index (χ0n) is 12.4. The van der Waals surface area contributed by atoms with Crippen molar-refractivity contribution in [2.45, 2.75) is 11.4 Å². The fourth-order valence-corrected chi connectivity index (χ4v) is 4.60. The second-order valence-electron chi connectivity index (χ2n) is 4.84. The van der Waals surface area contributed by atoms with Crippen molar-refractivity contribution >= 4 is 44.3 Å². The molecule has 0 aliphatic carbocycles. The quantitative estimate of drug-likeness (QED) is 0.689. The molecule has 8 heteroatoms. The maximum atomic E-state index is 12.4. The molecule has 3 aromatic rings. The van der Waals surface area contributed by atoms with Gasteiger partial charge in [-0.15, -0.1) is 22.7 Å². The number of amides is 1. The van der Waals surface area contributed by atoms with E-state index in [1.54, 1.807) is 41.0 Å². The highest BCUT2D eigenvalue weighted by Gasteiger charge is 2.19. The van der Waals surface area contributed by atoms with E-state index in [1.165, 1.54) is 23.5 Å². The molecular formula is C16H14N2O3S3. The lowest BCUT2D eigenvalue weighted by Gasteiger charge is -2.09. The van der Waals surface area contributed by atoms with E-state index in [4.69, 9.17) is 0 Å². The van der Waals surface area contributed by atoms with E-state index in [0.29, 0.717) is 11.4 Å².